The van der Waals surface area contributed by atoms with Gasteiger partial charge in [-0.1, -0.05) is 84.0 Å². The van der Waals surface area contributed by atoms with Crippen molar-refractivity contribution in [3.8, 4) is 0 Å². The number of benzene rings is 2. The van der Waals surface area contributed by atoms with Gasteiger partial charge < -0.3 is 20.5 Å². The van der Waals surface area contributed by atoms with E-state index in [2.05, 4.69) is 56.8 Å². The molecule has 0 unspecified atom stereocenters. The second kappa shape index (κ2) is 28.0. The lowest BCUT2D eigenvalue weighted by molar-refractivity contribution is -0.118. The number of thioether (sulfide) groups is 1. The number of rotatable bonds is 12. The number of hydrogen-bond acceptors (Lipinski definition) is 6. The Hall–Kier alpha value is -3.17. The third-order valence-electron chi connectivity index (χ3n) is 4.94. The Bertz CT molecular complexity index is 1030. The summed E-state index contributed by atoms with van der Waals surface area (Å²) in [5.74, 6) is 0.400. The predicted molar refractivity (Wildman–Crippen MR) is 178 cm³/mol. The van der Waals surface area contributed by atoms with E-state index >= 15 is 0 Å². The van der Waals surface area contributed by atoms with Gasteiger partial charge in [0.05, 0.1) is 11.5 Å². The molecule has 0 saturated carbocycles. The molecule has 7 nitrogen and oxygen atoms in total. The van der Waals surface area contributed by atoms with Crippen LogP contribution in [0, 0.1) is 19.7 Å². The number of amides is 2. The summed E-state index contributed by atoms with van der Waals surface area (Å²) in [6, 6.07) is 15.1. The van der Waals surface area contributed by atoms with Crippen LogP contribution >= 0.6 is 11.8 Å². The first kappa shape index (κ1) is 41.0. The van der Waals surface area contributed by atoms with Gasteiger partial charge in [0.15, 0.2) is 5.82 Å². The first-order chi connectivity index (χ1) is 20.4. The van der Waals surface area contributed by atoms with Crippen molar-refractivity contribution in [3.63, 3.8) is 0 Å². The maximum absolute atomic E-state index is 12.4. The summed E-state index contributed by atoms with van der Waals surface area (Å²) in [4.78, 5) is 23.4. The standard InChI is InChI=1S/C19H26N4O3S.C8H9F.3C2H6/c1-2-15-5-3-6-16(11-15)12-20-8-4-9-21-18(24)13-27-14-19(25)22-17-7-10-26-23-17;1-6-3-7(2)5-8(9)4-6;3*1-2/h3,5-7,10-11,20H,2,4,8-9,12-14H2,1H3,(H,21,24)(H,22,23,25);3-5H,1-2H3;3*1-2H3. The summed E-state index contributed by atoms with van der Waals surface area (Å²) in [6.45, 7) is 20.2. The minimum atomic E-state index is -0.210. The number of aromatic nitrogens is 1. The molecule has 2 amide bonds. The molecule has 1 heterocycles. The molecule has 0 aliphatic carbocycles. The SMILES string of the molecule is CC.CC.CC.CCc1cccc(CNCCCNC(=O)CSCC(=O)Nc2ccon2)c1.Cc1cc(C)cc(F)c1. The Labute approximate surface area is 257 Å². The molecule has 3 N–H and O–H groups in total. The number of hydrogen-bond donors (Lipinski definition) is 3. The molecule has 236 valence electrons. The van der Waals surface area contributed by atoms with E-state index in [1.54, 1.807) is 6.07 Å². The number of carbonyl (C=O) groups is 2. The third kappa shape index (κ3) is 21.6. The molecular formula is C33H53FN4O3S. The zero-order chi connectivity index (χ0) is 32.2. The second-order valence-corrected chi connectivity index (χ2v) is 9.27. The predicted octanol–water partition coefficient (Wildman–Crippen LogP) is 7.73. The van der Waals surface area contributed by atoms with Crippen LogP contribution in [-0.4, -0.2) is 41.6 Å². The molecule has 3 aromatic rings. The molecule has 3 rings (SSSR count). The molecule has 9 heteroatoms. The molecule has 0 atom stereocenters. The lowest BCUT2D eigenvalue weighted by Crippen LogP contribution is -2.29. The van der Waals surface area contributed by atoms with Crippen molar-refractivity contribution in [3.05, 3.63) is 82.9 Å². The van der Waals surface area contributed by atoms with Crippen LogP contribution in [0.3, 0.4) is 0 Å². The average molecular weight is 605 g/mol. The van der Waals surface area contributed by atoms with E-state index in [1.165, 1.54) is 41.3 Å². The van der Waals surface area contributed by atoms with Gasteiger partial charge in [-0.3, -0.25) is 9.59 Å². The van der Waals surface area contributed by atoms with Crippen LogP contribution in [0.15, 0.2) is 59.3 Å². The maximum atomic E-state index is 12.4. The average Bonchev–Trinajstić information content (AvgIpc) is 3.51. The molecule has 2 aromatic carbocycles. The first-order valence-electron chi connectivity index (χ1n) is 14.9. The van der Waals surface area contributed by atoms with Crippen LogP contribution in [0.4, 0.5) is 10.2 Å². The lowest BCUT2D eigenvalue weighted by atomic mass is 10.1. The fourth-order valence-electron chi connectivity index (χ4n) is 3.30. The molecule has 42 heavy (non-hydrogen) atoms. The summed E-state index contributed by atoms with van der Waals surface area (Å²) in [5, 5.41) is 12.4. The number of aryl methyl sites for hydroxylation is 3. The molecule has 0 aliphatic rings. The highest BCUT2D eigenvalue weighted by molar-refractivity contribution is 8.00. The van der Waals surface area contributed by atoms with Crippen molar-refractivity contribution in [2.24, 2.45) is 0 Å². The van der Waals surface area contributed by atoms with Gasteiger partial charge in [0.1, 0.15) is 12.1 Å². The molecule has 0 spiro atoms. The molecule has 0 aliphatic heterocycles. The lowest BCUT2D eigenvalue weighted by Gasteiger charge is -2.08. The van der Waals surface area contributed by atoms with Crippen molar-refractivity contribution < 1.29 is 18.5 Å². The van der Waals surface area contributed by atoms with Crippen LogP contribution in [-0.2, 0) is 22.6 Å². The quantitative estimate of drug-likeness (QED) is 0.183. The largest absolute Gasteiger partial charge is 0.363 e. The maximum Gasteiger partial charge on any atom is 0.235 e. The minimum Gasteiger partial charge on any atom is -0.363 e. The smallest absolute Gasteiger partial charge is 0.235 e. The normalized spacial score (nSPS) is 9.29. The van der Waals surface area contributed by atoms with E-state index < -0.39 is 0 Å². The summed E-state index contributed by atoms with van der Waals surface area (Å²) in [6.07, 6.45) is 3.28. The van der Waals surface area contributed by atoms with Crippen molar-refractivity contribution >= 4 is 29.4 Å². The minimum absolute atomic E-state index is 0.0649. The Morgan fingerprint density at radius 2 is 1.48 bits per heavy atom. The Morgan fingerprint density at radius 3 is 2.05 bits per heavy atom. The molecule has 0 radical (unpaired) electrons. The van der Waals surface area contributed by atoms with Gasteiger partial charge in [-0.2, -0.15) is 0 Å². The summed E-state index contributed by atoms with van der Waals surface area (Å²) in [5.41, 5.74) is 4.58. The van der Waals surface area contributed by atoms with Crippen LogP contribution in [0.1, 0.15) is 77.1 Å². The Balaban J connectivity index is 0. The van der Waals surface area contributed by atoms with Gasteiger partial charge in [0, 0.05) is 19.2 Å². The number of nitrogens with one attached hydrogen (secondary N) is 3. The van der Waals surface area contributed by atoms with Crippen LogP contribution in [0.25, 0.3) is 0 Å². The zero-order valence-corrected chi connectivity index (χ0v) is 27.9. The van der Waals surface area contributed by atoms with Crippen molar-refractivity contribution in [2.75, 3.05) is 29.9 Å². The van der Waals surface area contributed by atoms with E-state index in [4.69, 9.17) is 0 Å². The van der Waals surface area contributed by atoms with Crippen LogP contribution < -0.4 is 16.0 Å². The monoisotopic (exact) mass is 604 g/mol. The number of anilines is 1. The molecule has 0 bridgehead atoms. The highest BCUT2D eigenvalue weighted by Gasteiger charge is 2.07. The first-order valence-corrected chi connectivity index (χ1v) is 16.1. The van der Waals surface area contributed by atoms with E-state index in [-0.39, 0.29) is 29.1 Å². The molecule has 1 aromatic heterocycles. The Kier molecular flexibility index (Phi) is 27.3. The summed E-state index contributed by atoms with van der Waals surface area (Å²) >= 11 is 1.26. The van der Waals surface area contributed by atoms with Gasteiger partial charge in [-0.25, -0.2) is 4.39 Å². The number of halogens is 1. The summed E-state index contributed by atoms with van der Waals surface area (Å²) in [7, 11) is 0. The van der Waals surface area contributed by atoms with Crippen molar-refractivity contribution in [1.82, 2.24) is 15.8 Å². The Morgan fingerprint density at radius 1 is 0.857 bits per heavy atom. The second-order valence-electron chi connectivity index (χ2n) is 8.29. The molecule has 0 saturated heterocycles. The van der Waals surface area contributed by atoms with Gasteiger partial charge in [0.2, 0.25) is 11.8 Å². The van der Waals surface area contributed by atoms with Crippen molar-refractivity contribution in [2.45, 2.75) is 81.7 Å². The number of carbonyl (C=O) groups excluding carboxylic acids is 2. The molecule has 0 fully saturated rings. The van der Waals surface area contributed by atoms with Gasteiger partial charge in [-0.05, 0) is 67.6 Å². The van der Waals surface area contributed by atoms with Crippen LogP contribution in [0.5, 0.6) is 0 Å². The highest BCUT2D eigenvalue weighted by Crippen LogP contribution is 2.07. The highest BCUT2D eigenvalue weighted by atomic mass is 32.2. The fraction of sp³-hybridized carbons (Fsp3) is 0.485. The van der Waals surface area contributed by atoms with Gasteiger partial charge in [0.25, 0.3) is 0 Å². The van der Waals surface area contributed by atoms with E-state index in [9.17, 15) is 14.0 Å². The van der Waals surface area contributed by atoms with E-state index in [1.807, 2.05) is 61.5 Å². The third-order valence-corrected chi connectivity index (χ3v) is 5.87. The van der Waals surface area contributed by atoms with E-state index in [0.717, 1.165) is 37.1 Å². The van der Waals surface area contributed by atoms with Crippen molar-refractivity contribution in [1.29, 1.82) is 0 Å². The molecular weight excluding hydrogens is 551 g/mol. The number of nitrogens with zero attached hydrogens (tertiary/aromatic N) is 1. The van der Waals surface area contributed by atoms with Crippen LogP contribution in [0.2, 0.25) is 0 Å². The van der Waals surface area contributed by atoms with E-state index in [0.29, 0.717) is 12.4 Å². The summed E-state index contributed by atoms with van der Waals surface area (Å²) < 4.78 is 17.1. The topological polar surface area (TPSA) is 96.3 Å². The zero-order valence-electron chi connectivity index (χ0n) is 27.1. The fourth-order valence-corrected chi connectivity index (χ4v) is 3.94. The van der Waals surface area contributed by atoms with Gasteiger partial charge in [-0.15, -0.1) is 11.8 Å². The van der Waals surface area contributed by atoms with Gasteiger partial charge >= 0.3 is 0 Å².